The Morgan fingerprint density at radius 3 is 2.59 bits per heavy atom. The second-order valence-corrected chi connectivity index (χ2v) is 7.80. The second kappa shape index (κ2) is 9.03. The van der Waals surface area contributed by atoms with Crippen LogP contribution >= 0.6 is 0 Å². The van der Waals surface area contributed by atoms with Crippen LogP contribution in [-0.4, -0.2) is 28.0 Å². The first-order valence-corrected chi connectivity index (χ1v) is 10.6. The Bertz CT molecular complexity index is 974. The average molecular weight is 389 g/mol. The van der Waals surface area contributed by atoms with Gasteiger partial charge in [0.25, 0.3) is 5.56 Å². The SMILES string of the molecule is CCc1cc(=O)[nH]c(-c2ccc(N3CCC(CCc4ccccc4)CC3)nc2)n1. The lowest BCUT2D eigenvalue weighted by Crippen LogP contribution is -2.34. The van der Waals surface area contributed by atoms with Crippen LogP contribution < -0.4 is 10.5 Å². The smallest absolute Gasteiger partial charge is 0.251 e. The number of H-pyrrole nitrogens is 1. The fourth-order valence-corrected chi connectivity index (χ4v) is 4.01. The van der Waals surface area contributed by atoms with Crippen molar-refractivity contribution < 1.29 is 0 Å². The molecule has 5 heteroatoms. The van der Waals surface area contributed by atoms with Crippen LogP contribution in [0.25, 0.3) is 11.4 Å². The number of rotatable bonds is 6. The first-order chi connectivity index (χ1) is 14.2. The van der Waals surface area contributed by atoms with E-state index in [1.54, 1.807) is 6.07 Å². The fraction of sp³-hybridized carbons (Fsp3) is 0.375. The summed E-state index contributed by atoms with van der Waals surface area (Å²) in [5, 5.41) is 0. The maximum Gasteiger partial charge on any atom is 0.251 e. The van der Waals surface area contributed by atoms with Gasteiger partial charge in [0.2, 0.25) is 0 Å². The summed E-state index contributed by atoms with van der Waals surface area (Å²) in [5.74, 6) is 2.38. The van der Waals surface area contributed by atoms with E-state index in [9.17, 15) is 4.79 Å². The molecule has 0 unspecified atom stereocenters. The molecule has 29 heavy (non-hydrogen) atoms. The topological polar surface area (TPSA) is 61.9 Å². The van der Waals surface area contributed by atoms with Gasteiger partial charge >= 0.3 is 0 Å². The van der Waals surface area contributed by atoms with E-state index in [2.05, 4.69) is 50.2 Å². The van der Waals surface area contributed by atoms with Crippen LogP contribution in [0.1, 0.15) is 37.4 Å². The predicted molar refractivity (Wildman–Crippen MR) is 117 cm³/mol. The Morgan fingerprint density at radius 2 is 1.90 bits per heavy atom. The standard InChI is InChI=1S/C24H28N4O/c1-2-21-16-23(29)27-24(26-21)20-10-11-22(25-17-20)28-14-12-19(13-15-28)9-8-18-6-4-3-5-7-18/h3-7,10-11,16-17,19H,2,8-9,12-15H2,1H3,(H,26,27,29). The highest BCUT2D eigenvalue weighted by Crippen LogP contribution is 2.26. The molecule has 0 spiro atoms. The van der Waals surface area contributed by atoms with Crippen molar-refractivity contribution in [2.24, 2.45) is 5.92 Å². The van der Waals surface area contributed by atoms with Gasteiger partial charge in [0.1, 0.15) is 11.6 Å². The summed E-state index contributed by atoms with van der Waals surface area (Å²) in [7, 11) is 0. The van der Waals surface area contributed by atoms with Gasteiger partial charge in [-0.3, -0.25) is 4.79 Å². The molecule has 5 nitrogen and oxygen atoms in total. The molecule has 1 aromatic carbocycles. The van der Waals surface area contributed by atoms with Crippen LogP contribution in [0.2, 0.25) is 0 Å². The minimum absolute atomic E-state index is 0.117. The molecule has 2 aromatic heterocycles. The van der Waals surface area contributed by atoms with Gasteiger partial charge in [0.15, 0.2) is 0 Å². The maximum absolute atomic E-state index is 11.8. The minimum atomic E-state index is -0.117. The lowest BCUT2D eigenvalue weighted by Gasteiger charge is -2.33. The van der Waals surface area contributed by atoms with E-state index < -0.39 is 0 Å². The van der Waals surface area contributed by atoms with Gasteiger partial charge < -0.3 is 9.88 Å². The van der Waals surface area contributed by atoms with Crippen LogP contribution in [0.15, 0.2) is 59.5 Å². The second-order valence-electron chi connectivity index (χ2n) is 7.80. The van der Waals surface area contributed by atoms with Gasteiger partial charge in [-0.15, -0.1) is 0 Å². The van der Waals surface area contributed by atoms with E-state index in [1.165, 1.54) is 31.2 Å². The highest BCUT2D eigenvalue weighted by Gasteiger charge is 2.20. The van der Waals surface area contributed by atoms with E-state index in [0.29, 0.717) is 5.82 Å². The van der Waals surface area contributed by atoms with Gasteiger partial charge in [-0.25, -0.2) is 9.97 Å². The molecular weight excluding hydrogens is 360 g/mol. The van der Waals surface area contributed by atoms with Crippen molar-refractivity contribution in [2.75, 3.05) is 18.0 Å². The lowest BCUT2D eigenvalue weighted by molar-refractivity contribution is 0.381. The number of aryl methyl sites for hydroxylation is 2. The van der Waals surface area contributed by atoms with E-state index in [4.69, 9.17) is 0 Å². The van der Waals surface area contributed by atoms with Gasteiger partial charge in [-0.05, 0) is 55.7 Å². The lowest BCUT2D eigenvalue weighted by atomic mass is 9.90. The molecular formula is C24H28N4O. The van der Waals surface area contributed by atoms with Gasteiger partial charge in [-0.2, -0.15) is 0 Å². The number of piperidine rings is 1. The normalized spacial score (nSPS) is 14.9. The van der Waals surface area contributed by atoms with Gasteiger partial charge in [-0.1, -0.05) is 37.3 Å². The zero-order valence-electron chi connectivity index (χ0n) is 17.0. The predicted octanol–water partition coefficient (Wildman–Crippen LogP) is 4.24. The molecule has 150 valence electrons. The summed E-state index contributed by atoms with van der Waals surface area (Å²) in [6, 6.07) is 16.4. The number of anilines is 1. The first kappa shape index (κ1) is 19.4. The molecule has 3 heterocycles. The Morgan fingerprint density at radius 1 is 1.10 bits per heavy atom. The molecule has 0 amide bonds. The summed E-state index contributed by atoms with van der Waals surface area (Å²) in [5.41, 5.74) is 2.96. The number of hydrogen-bond acceptors (Lipinski definition) is 4. The summed E-state index contributed by atoms with van der Waals surface area (Å²) in [4.78, 5) is 26.1. The molecule has 0 radical (unpaired) electrons. The molecule has 1 fully saturated rings. The fourth-order valence-electron chi connectivity index (χ4n) is 4.01. The molecule has 1 N–H and O–H groups in total. The summed E-state index contributed by atoms with van der Waals surface area (Å²) < 4.78 is 0. The van der Waals surface area contributed by atoms with Crippen molar-refractivity contribution in [3.63, 3.8) is 0 Å². The molecule has 0 aliphatic carbocycles. The molecule has 4 rings (SSSR count). The van der Waals surface area contributed by atoms with Crippen molar-refractivity contribution in [1.29, 1.82) is 0 Å². The monoisotopic (exact) mass is 388 g/mol. The average Bonchev–Trinajstić information content (AvgIpc) is 2.78. The van der Waals surface area contributed by atoms with Crippen molar-refractivity contribution in [3.05, 3.63) is 76.3 Å². The maximum atomic E-state index is 11.8. The Balaban J connectivity index is 1.34. The van der Waals surface area contributed by atoms with Crippen molar-refractivity contribution in [2.45, 2.75) is 39.0 Å². The van der Waals surface area contributed by atoms with Gasteiger partial charge in [0.05, 0.1) is 0 Å². The number of nitrogens with zero attached hydrogens (tertiary/aromatic N) is 3. The molecule has 0 saturated carbocycles. The number of aromatic nitrogens is 3. The molecule has 1 saturated heterocycles. The summed E-state index contributed by atoms with van der Waals surface area (Å²) in [6.45, 7) is 4.09. The van der Waals surface area contributed by atoms with Crippen molar-refractivity contribution in [3.8, 4) is 11.4 Å². The third-order valence-corrected chi connectivity index (χ3v) is 5.80. The van der Waals surface area contributed by atoms with Crippen molar-refractivity contribution in [1.82, 2.24) is 15.0 Å². The summed E-state index contributed by atoms with van der Waals surface area (Å²) >= 11 is 0. The highest BCUT2D eigenvalue weighted by molar-refractivity contribution is 5.56. The van der Waals surface area contributed by atoms with Crippen molar-refractivity contribution >= 4 is 5.82 Å². The van der Waals surface area contributed by atoms with Crippen LogP contribution in [0, 0.1) is 5.92 Å². The molecule has 1 aliphatic rings. The summed E-state index contributed by atoms with van der Waals surface area (Å²) in [6.07, 6.45) is 7.40. The van der Waals surface area contributed by atoms with Crippen LogP contribution in [0.4, 0.5) is 5.82 Å². The van der Waals surface area contributed by atoms with Gasteiger partial charge in [0, 0.05) is 36.6 Å². The Labute approximate surface area is 171 Å². The minimum Gasteiger partial charge on any atom is -0.357 e. The van der Waals surface area contributed by atoms with E-state index in [-0.39, 0.29) is 5.56 Å². The van der Waals surface area contributed by atoms with E-state index >= 15 is 0 Å². The van der Waals surface area contributed by atoms with Crippen LogP contribution in [0.3, 0.4) is 0 Å². The molecule has 0 atom stereocenters. The number of nitrogens with one attached hydrogen (secondary N) is 1. The third kappa shape index (κ3) is 4.91. The van der Waals surface area contributed by atoms with Crippen LogP contribution in [-0.2, 0) is 12.8 Å². The third-order valence-electron chi connectivity index (χ3n) is 5.80. The Hall–Kier alpha value is -2.95. The van der Waals surface area contributed by atoms with Crippen LogP contribution in [0.5, 0.6) is 0 Å². The van der Waals surface area contributed by atoms with E-state index in [1.807, 2.05) is 25.3 Å². The highest BCUT2D eigenvalue weighted by atomic mass is 16.1. The zero-order chi connectivity index (χ0) is 20.1. The molecule has 3 aromatic rings. The zero-order valence-corrected chi connectivity index (χ0v) is 17.0. The quantitative estimate of drug-likeness (QED) is 0.686. The molecule has 1 aliphatic heterocycles. The Kier molecular flexibility index (Phi) is 6.03. The van der Waals surface area contributed by atoms with E-state index in [0.717, 1.165) is 42.5 Å². The largest absolute Gasteiger partial charge is 0.357 e. The number of hydrogen-bond donors (Lipinski definition) is 1. The number of pyridine rings is 1. The molecule has 0 bridgehead atoms. The first-order valence-electron chi connectivity index (χ1n) is 10.6. The number of aromatic amines is 1. The number of benzene rings is 1.